The van der Waals surface area contributed by atoms with Crippen LogP contribution in [0, 0.1) is 5.82 Å². The average molecular weight is 404 g/mol. The summed E-state index contributed by atoms with van der Waals surface area (Å²) in [6, 6.07) is 9.09. The van der Waals surface area contributed by atoms with E-state index in [-0.39, 0.29) is 5.82 Å². The van der Waals surface area contributed by atoms with Gasteiger partial charge in [-0.25, -0.2) is 9.37 Å². The van der Waals surface area contributed by atoms with Crippen LogP contribution in [0.1, 0.15) is 19.4 Å². The van der Waals surface area contributed by atoms with Gasteiger partial charge in [0.05, 0.1) is 11.2 Å². The number of pyridine rings is 1. The van der Waals surface area contributed by atoms with Crippen molar-refractivity contribution in [2.75, 3.05) is 17.2 Å². The Morgan fingerprint density at radius 3 is 2.78 bits per heavy atom. The molecule has 1 aromatic carbocycles. The molecule has 0 aliphatic heterocycles. The number of halogens is 1. The third kappa shape index (κ3) is 5.61. The molecule has 0 N–H and O–H groups in total. The van der Waals surface area contributed by atoms with Gasteiger partial charge in [0, 0.05) is 18.9 Å². The third-order valence-electron chi connectivity index (χ3n) is 3.72. The minimum absolute atomic E-state index is 0.268. The quantitative estimate of drug-likeness (QED) is 0.535. The van der Waals surface area contributed by atoms with E-state index in [4.69, 9.17) is 4.79 Å². The van der Waals surface area contributed by atoms with Crippen molar-refractivity contribution in [1.29, 1.82) is 0 Å². The normalized spacial score (nSPS) is 11.1. The minimum Gasteiger partial charge on any atom is -0.339 e. The first-order valence-electron chi connectivity index (χ1n) is 8.47. The number of hydrogen-bond acceptors (Lipinski definition) is 6. The number of allylic oxidation sites excluding steroid dienone is 1. The molecule has 3 rings (SSSR count). The molecule has 0 spiro atoms. The fourth-order valence-electron chi connectivity index (χ4n) is 2.54. The zero-order chi connectivity index (χ0) is 19.6. The molecular weight excluding hydrogens is 381 g/mol. The Kier molecular flexibility index (Phi) is 8.42. The highest BCUT2D eigenvalue weighted by atomic mass is 32.2. The number of carbonyl (C=O) groups excluding carboxylic acids is 1. The second-order valence-electron chi connectivity index (χ2n) is 5.49. The van der Waals surface area contributed by atoms with Crippen molar-refractivity contribution in [3.05, 3.63) is 65.1 Å². The molecule has 0 fully saturated rings. The maximum atomic E-state index is 14.0. The maximum Gasteiger partial charge on any atom is 0.187 e. The lowest BCUT2D eigenvalue weighted by atomic mass is 10.2. The van der Waals surface area contributed by atoms with Gasteiger partial charge in [0.1, 0.15) is 18.1 Å². The molecule has 4 nitrogen and oxygen atoms in total. The van der Waals surface area contributed by atoms with Crippen LogP contribution in [0.4, 0.5) is 9.52 Å². The van der Waals surface area contributed by atoms with Crippen LogP contribution in [0.2, 0.25) is 0 Å². The number of aromatic nitrogens is 2. The average Bonchev–Trinajstić information content (AvgIpc) is 3.15. The molecule has 2 heterocycles. The molecule has 0 amide bonds. The highest BCUT2D eigenvalue weighted by molar-refractivity contribution is 8.03. The summed E-state index contributed by atoms with van der Waals surface area (Å²) in [5.41, 5.74) is 1.56. The maximum absolute atomic E-state index is 14.0. The zero-order valence-electron chi connectivity index (χ0n) is 15.4. The predicted octanol–water partition coefficient (Wildman–Crippen LogP) is 5.31. The molecule has 0 atom stereocenters. The Labute approximate surface area is 167 Å². The standard InChI is InChI=1S/C19H20FN3S2.CH2O/c1-3-15(24-4-2)13-23(12-14-7-6-10-21-11-14)19-22-18-16(20)8-5-9-17(18)25-19;1-2/h3,5-11H,4,12-13H2,1-2H3;1H2/b15-3-;. The Morgan fingerprint density at radius 2 is 2.15 bits per heavy atom. The summed E-state index contributed by atoms with van der Waals surface area (Å²) in [7, 11) is 0. The van der Waals surface area contributed by atoms with E-state index >= 15 is 0 Å². The number of nitrogens with zero attached hydrogens (tertiary/aromatic N) is 3. The van der Waals surface area contributed by atoms with Gasteiger partial charge in [0.15, 0.2) is 5.13 Å². The van der Waals surface area contributed by atoms with Gasteiger partial charge in [-0.2, -0.15) is 0 Å². The van der Waals surface area contributed by atoms with Crippen LogP contribution in [-0.4, -0.2) is 29.1 Å². The monoisotopic (exact) mass is 403 g/mol. The number of anilines is 1. The fourth-order valence-corrected chi connectivity index (χ4v) is 4.30. The third-order valence-corrected chi connectivity index (χ3v) is 5.83. The van der Waals surface area contributed by atoms with Crippen molar-refractivity contribution in [3.63, 3.8) is 0 Å². The van der Waals surface area contributed by atoms with Crippen LogP contribution in [-0.2, 0) is 11.3 Å². The van der Waals surface area contributed by atoms with E-state index < -0.39 is 0 Å². The first-order chi connectivity index (χ1) is 13.2. The summed E-state index contributed by atoms with van der Waals surface area (Å²) >= 11 is 3.35. The summed E-state index contributed by atoms with van der Waals surface area (Å²) in [5.74, 6) is 0.755. The van der Waals surface area contributed by atoms with Gasteiger partial charge < -0.3 is 9.69 Å². The van der Waals surface area contributed by atoms with Crippen LogP contribution in [0.5, 0.6) is 0 Å². The molecule has 0 unspecified atom stereocenters. The van der Waals surface area contributed by atoms with E-state index in [0.29, 0.717) is 12.1 Å². The fraction of sp³-hybridized carbons (Fsp3) is 0.250. The first-order valence-corrected chi connectivity index (χ1v) is 10.3. The van der Waals surface area contributed by atoms with Crippen molar-refractivity contribution < 1.29 is 9.18 Å². The van der Waals surface area contributed by atoms with Crippen LogP contribution in [0.25, 0.3) is 10.2 Å². The van der Waals surface area contributed by atoms with E-state index in [2.05, 4.69) is 40.9 Å². The lowest BCUT2D eigenvalue weighted by Crippen LogP contribution is -2.24. The summed E-state index contributed by atoms with van der Waals surface area (Å²) in [5, 5.41) is 0.833. The van der Waals surface area contributed by atoms with Gasteiger partial charge in [-0.3, -0.25) is 4.98 Å². The first kappa shape index (κ1) is 21.1. The van der Waals surface area contributed by atoms with Gasteiger partial charge in [-0.05, 0) is 41.3 Å². The molecule has 0 radical (unpaired) electrons. The highest BCUT2D eigenvalue weighted by Gasteiger charge is 2.16. The number of thiazole rings is 1. The van der Waals surface area contributed by atoms with Crippen LogP contribution < -0.4 is 4.90 Å². The van der Waals surface area contributed by atoms with Gasteiger partial charge in [0.2, 0.25) is 0 Å². The lowest BCUT2D eigenvalue weighted by Gasteiger charge is -2.23. The SMILES string of the molecule is C/C=C(/CN(Cc1cccnc1)c1nc2c(F)cccc2s1)SCC.C=O. The number of thioether (sulfide) groups is 1. The van der Waals surface area contributed by atoms with E-state index in [1.165, 1.54) is 22.3 Å². The molecular formula is C20H22FN3OS2. The lowest BCUT2D eigenvalue weighted by molar-refractivity contribution is -0.0979. The van der Waals surface area contributed by atoms with Gasteiger partial charge >= 0.3 is 0 Å². The summed E-state index contributed by atoms with van der Waals surface area (Å²) in [4.78, 5) is 20.2. The van der Waals surface area contributed by atoms with E-state index in [1.54, 1.807) is 12.3 Å². The summed E-state index contributed by atoms with van der Waals surface area (Å²) in [6.07, 6.45) is 5.77. The van der Waals surface area contributed by atoms with E-state index in [1.807, 2.05) is 36.9 Å². The van der Waals surface area contributed by atoms with Gasteiger partial charge in [-0.1, -0.05) is 36.5 Å². The van der Waals surface area contributed by atoms with E-state index in [9.17, 15) is 4.39 Å². The molecule has 7 heteroatoms. The number of fused-ring (bicyclic) bond motifs is 1. The van der Waals surface area contributed by atoms with Crippen LogP contribution >= 0.6 is 23.1 Å². The minimum atomic E-state index is -0.268. The van der Waals surface area contributed by atoms with Crippen molar-refractivity contribution in [2.45, 2.75) is 20.4 Å². The molecule has 0 saturated heterocycles. The smallest absolute Gasteiger partial charge is 0.187 e. The Morgan fingerprint density at radius 1 is 1.33 bits per heavy atom. The summed E-state index contributed by atoms with van der Waals surface area (Å²) < 4.78 is 14.9. The Hall–Kier alpha value is -2.25. The Bertz CT molecular complexity index is 883. The van der Waals surface area contributed by atoms with Gasteiger partial charge in [0.25, 0.3) is 0 Å². The highest BCUT2D eigenvalue weighted by Crippen LogP contribution is 2.32. The van der Waals surface area contributed by atoms with Crippen LogP contribution in [0.15, 0.2) is 53.7 Å². The molecule has 2 aromatic heterocycles. The van der Waals surface area contributed by atoms with Crippen molar-refractivity contribution in [3.8, 4) is 0 Å². The molecule has 142 valence electrons. The topological polar surface area (TPSA) is 46.1 Å². The number of para-hydroxylation sites is 1. The molecule has 0 aliphatic rings. The van der Waals surface area contributed by atoms with E-state index in [0.717, 1.165) is 27.7 Å². The molecule has 0 aliphatic carbocycles. The largest absolute Gasteiger partial charge is 0.339 e. The van der Waals surface area contributed by atoms with Crippen molar-refractivity contribution in [1.82, 2.24) is 9.97 Å². The number of hydrogen-bond donors (Lipinski definition) is 0. The van der Waals surface area contributed by atoms with Gasteiger partial charge in [-0.15, -0.1) is 11.8 Å². The zero-order valence-corrected chi connectivity index (χ0v) is 17.0. The van der Waals surface area contributed by atoms with Crippen molar-refractivity contribution in [2.24, 2.45) is 0 Å². The second kappa shape index (κ2) is 10.8. The number of rotatable bonds is 7. The molecule has 27 heavy (non-hydrogen) atoms. The van der Waals surface area contributed by atoms with Crippen molar-refractivity contribution >= 4 is 45.2 Å². The Balaban J connectivity index is 0.00000126. The number of carbonyl (C=O) groups is 1. The predicted molar refractivity (Wildman–Crippen MR) is 114 cm³/mol. The number of benzene rings is 1. The van der Waals surface area contributed by atoms with Crippen LogP contribution in [0.3, 0.4) is 0 Å². The molecule has 0 bridgehead atoms. The molecule has 0 saturated carbocycles. The summed E-state index contributed by atoms with van der Waals surface area (Å²) in [6.45, 7) is 7.65. The molecule has 3 aromatic rings. The second-order valence-corrected chi connectivity index (χ2v) is 7.89.